The highest BCUT2D eigenvalue weighted by atomic mass is 15.2. The zero-order valence-electron chi connectivity index (χ0n) is 11.3. The number of unbranched alkanes of at least 4 members (excludes halogenated alkanes) is 3. The van der Waals surface area contributed by atoms with Crippen LogP contribution >= 0.6 is 0 Å². The smallest absolute Gasteiger partial charge is 0.191 e. The van der Waals surface area contributed by atoms with Gasteiger partial charge >= 0.3 is 0 Å². The highest BCUT2D eigenvalue weighted by molar-refractivity contribution is 5.78. The van der Waals surface area contributed by atoms with Crippen LogP contribution in [0.2, 0.25) is 0 Å². The molecular weight excluding hydrogens is 198 g/mol. The maximum atomic E-state index is 6.02. The third-order valence-electron chi connectivity index (χ3n) is 2.67. The van der Waals surface area contributed by atoms with Gasteiger partial charge in [-0.3, -0.25) is 4.99 Å². The van der Waals surface area contributed by atoms with Crippen molar-refractivity contribution >= 4 is 5.96 Å². The first-order valence-electron chi connectivity index (χ1n) is 6.81. The van der Waals surface area contributed by atoms with E-state index in [0.717, 1.165) is 32.0 Å². The molecule has 0 spiro atoms. The van der Waals surface area contributed by atoms with Gasteiger partial charge in [0.15, 0.2) is 5.96 Å². The summed E-state index contributed by atoms with van der Waals surface area (Å²) in [7, 11) is 0. The predicted molar refractivity (Wildman–Crippen MR) is 72.8 cm³/mol. The van der Waals surface area contributed by atoms with E-state index >= 15 is 0 Å². The fraction of sp³-hybridized carbons (Fsp3) is 0.923. The van der Waals surface area contributed by atoms with Crippen molar-refractivity contribution in [3.05, 3.63) is 0 Å². The molecule has 16 heavy (non-hydrogen) atoms. The van der Waals surface area contributed by atoms with Crippen LogP contribution in [0.25, 0.3) is 0 Å². The largest absolute Gasteiger partial charge is 0.370 e. The van der Waals surface area contributed by atoms with Gasteiger partial charge in [-0.15, -0.1) is 0 Å². The minimum Gasteiger partial charge on any atom is -0.370 e. The van der Waals surface area contributed by atoms with E-state index in [1.807, 2.05) is 0 Å². The number of nitrogens with zero attached hydrogens (tertiary/aromatic N) is 2. The second-order valence-electron chi connectivity index (χ2n) is 4.29. The van der Waals surface area contributed by atoms with E-state index in [9.17, 15) is 0 Å². The molecule has 0 bridgehead atoms. The second-order valence-corrected chi connectivity index (χ2v) is 4.29. The predicted octanol–water partition coefficient (Wildman–Crippen LogP) is 3.00. The van der Waals surface area contributed by atoms with Crippen LogP contribution in [-0.4, -0.2) is 30.5 Å². The summed E-state index contributed by atoms with van der Waals surface area (Å²) in [5, 5.41) is 0. The minimum absolute atomic E-state index is 0.746. The molecule has 0 radical (unpaired) electrons. The van der Waals surface area contributed by atoms with Crippen molar-refractivity contribution in [2.75, 3.05) is 19.6 Å². The highest BCUT2D eigenvalue weighted by Crippen LogP contribution is 1.99. The van der Waals surface area contributed by atoms with E-state index in [2.05, 4.69) is 30.7 Å². The summed E-state index contributed by atoms with van der Waals surface area (Å²) in [5.74, 6) is 0.746. The van der Waals surface area contributed by atoms with Gasteiger partial charge in [0.05, 0.1) is 0 Å². The quantitative estimate of drug-likeness (QED) is 0.374. The van der Waals surface area contributed by atoms with Crippen LogP contribution in [0, 0.1) is 0 Å². The van der Waals surface area contributed by atoms with Crippen LogP contribution in [0.15, 0.2) is 4.99 Å². The molecular formula is C13H29N3. The Bertz CT molecular complexity index is 170. The molecule has 0 atom stereocenters. The Balaban J connectivity index is 4.07. The van der Waals surface area contributed by atoms with Gasteiger partial charge in [0.1, 0.15) is 0 Å². The molecule has 0 heterocycles. The van der Waals surface area contributed by atoms with E-state index < -0.39 is 0 Å². The molecule has 3 nitrogen and oxygen atoms in total. The van der Waals surface area contributed by atoms with Crippen molar-refractivity contribution in [1.82, 2.24) is 4.90 Å². The number of hydrogen-bond donors (Lipinski definition) is 1. The maximum Gasteiger partial charge on any atom is 0.191 e. The van der Waals surface area contributed by atoms with Gasteiger partial charge in [-0.05, 0) is 19.3 Å². The van der Waals surface area contributed by atoms with Gasteiger partial charge < -0.3 is 10.6 Å². The first kappa shape index (κ1) is 15.3. The molecule has 0 aromatic carbocycles. The summed E-state index contributed by atoms with van der Waals surface area (Å²) < 4.78 is 0. The fourth-order valence-corrected chi connectivity index (χ4v) is 1.49. The Morgan fingerprint density at radius 3 is 1.88 bits per heavy atom. The average Bonchev–Trinajstić information content (AvgIpc) is 2.29. The van der Waals surface area contributed by atoms with E-state index in [1.165, 1.54) is 32.1 Å². The summed E-state index contributed by atoms with van der Waals surface area (Å²) in [6.07, 6.45) is 7.15. The van der Waals surface area contributed by atoms with Crippen molar-refractivity contribution in [3.8, 4) is 0 Å². The molecule has 96 valence electrons. The lowest BCUT2D eigenvalue weighted by atomic mass is 10.3. The average molecular weight is 227 g/mol. The molecule has 0 rings (SSSR count). The zero-order chi connectivity index (χ0) is 12.2. The fourth-order valence-electron chi connectivity index (χ4n) is 1.49. The molecule has 2 N–H and O–H groups in total. The van der Waals surface area contributed by atoms with E-state index in [0.29, 0.717) is 0 Å². The Kier molecular flexibility index (Phi) is 10.3. The van der Waals surface area contributed by atoms with Crippen molar-refractivity contribution in [2.24, 2.45) is 10.7 Å². The van der Waals surface area contributed by atoms with Crippen LogP contribution < -0.4 is 5.73 Å². The Labute approximate surface area is 101 Å². The molecule has 0 aromatic heterocycles. The van der Waals surface area contributed by atoms with Crippen molar-refractivity contribution in [3.63, 3.8) is 0 Å². The molecule has 0 aliphatic heterocycles. The lowest BCUT2D eigenvalue weighted by Crippen LogP contribution is -2.39. The molecule has 0 aliphatic rings. The molecule has 0 unspecified atom stereocenters. The third kappa shape index (κ3) is 7.55. The number of hydrogen-bond acceptors (Lipinski definition) is 1. The zero-order valence-corrected chi connectivity index (χ0v) is 11.3. The molecule has 3 heteroatoms. The summed E-state index contributed by atoms with van der Waals surface area (Å²) in [5.41, 5.74) is 6.02. The van der Waals surface area contributed by atoms with Crippen molar-refractivity contribution in [1.29, 1.82) is 0 Å². The normalized spacial score (nSPS) is 11.8. The number of rotatable bonds is 9. The Morgan fingerprint density at radius 1 is 0.938 bits per heavy atom. The van der Waals surface area contributed by atoms with Gasteiger partial charge in [-0.1, -0.05) is 40.0 Å². The van der Waals surface area contributed by atoms with E-state index in [4.69, 9.17) is 5.73 Å². The summed E-state index contributed by atoms with van der Waals surface area (Å²) in [6.45, 7) is 9.58. The number of nitrogens with two attached hydrogens (primary N) is 1. The van der Waals surface area contributed by atoms with E-state index in [-0.39, 0.29) is 0 Å². The van der Waals surface area contributed by atoms with Crippen LogP contribution in [-0.2, 0) is 0 Å². The summed E-state index contributed by atoms with van der Waals surface area (Å²) in [6, 6.07) is 0. The van der Waals surface area contributed by atoms with Crippen LogP contribution in [0.1, 0.15) is 59.3 Å². The second kappa shape index (κ2) is 10.8. The maximum absolute atomic E-state index is 6.02. The third-order valence-corrected chi connectivity index (χ3v) is 2.67. The SMILES string of the molecule is CCCCN=C(N)N(CCCC)CCCC. The topological polar surface area (TPSA) is 41.6 Å². The van der Waals surface area contributed by atoms with Crippen LogP contribution in [0.3, 0.4) is 0 Å². The van der Waals surface area contributed by atoms with E-state index in [1.54, 1.807) is 0 Å². The summed E-state index contributed by atoms with van der Waals surface area (Å²) >= 11 is 0. The van der Waals surface area contributed by atoms with Crippen molar-refractivity contribution in [2.45, 2.75) is 59.3 Å². The van der Waals surface area contributed by atoms with Crippen LogP contribution in [0.5, 0.6) is 0 Å². The molecule has 0 amide bonds. The summed E-state index contributed by atoms with van der Waals surface area (Å²) in [4.78, 5) is 6.68. The first-order chi connectivity index (χ1) is 7.76. The minimum atomic E-state index is 0.746. The standard InChI is InChI=1S/C13H29N3/c1-4-7-10-15-13(14)16(11-8-5-2)12-9-6-3/h4-12H2,1-3H3,(H2,14,15). The van der Waals surface area contributed by atoms with Gasteiger partial charge in [0, 0.05) is 19.6 Å². The lowest BCUT2D eigenvalue weighted by Gasteiger charge is -2.23. The first-order valence-corrected chi connectivity index (χ1v) is 6.81. The van der Waals surface area contributed by atoms with Gasteiger partial charge in [0.2, 0.25) is 0 Å². The molecule has 0 saturated carbocycles. The number of guanidine groups is 1. The lowest BCUT2D eigenvalue weighted by molar-refractivity contribution is 0.393. The van der Waals surface area contributed by atoms with Gasteiger partial charge in [-0.2, -0.15) is 0 Å². The van der Waals surface area contributed by atoms with Crippen LogP contribution in [0.4, 0.5) is 0 Å². The Hall–Kier alpha value is -0.730. The highest BCUT2D eigenvalue weighted by Gasteiger charge is 2.05. The number of aliphatic imine (C=N–C) groups is 1. The van der Waals surface area contributed by atoms with Gasteiger partial charge in [0.25, 0.3) is 0 Å². The molecule has 0 aliphatic carbocycles. The van der Waals surface area contributed by atoms with Crippen molar-refractivity contribution < 1.29 is 0 Å². The molecule has 0 aromatic rings. The molecule has 0 fully saturated rings. The molecule has 0 saturated heterocycles. The Morgan fingerprint density at radius 2 is 1.44 bits per heavy atom. The monoisotopic (exact) mass is 227 g/mol. The van der Waals surface area contributed by atoms with Gasteiger partial charge in [-0.25, -0.2) is 0 Å².